The van der Waals surface area contributed by atoms with Gasteiger partial charge in [-0.1, -0.05) is 43.2 Å². The highest BCUT2D eigenvalue weighted by Crippen LogP contribution is 2.26. The number of hydrogen-bond acceptors (Lipinski definition) is 8. The number of carbonyl (C=O) groups is 4. The van der Waals surface area contributed by atoms with Crippen molar-refractivity contribution in [2.45, 2.75) is 72.5 Å². The van der Waals surface area contributed by atoms with E-state index in [1.165, 1.54) is 28.1 Å². The molecule has 188 valence electrons. The molecule has 0 N–H and O–H groups in total. The van der Waals surface area contributed by atoms with Gasteiger partial charge < -0.3 is 18.9 Å². The van der Waals surface area contributed by atoms with Crippen LogP contribution < -0.4 is 0 Å². The Morgan fingerprint density at radius 2 is 1.53 bits per heavy atom. The summed E-state index contributed by atoms with van der Waals surface area (Å²) in [5, 5.41) is 0. The molecule has 0 aromatic rings. The van der Waals surface area contributed by atoms with E-state index in [-0.39, 0.29) is 24.3 Å². The highest BCUT2D eigenvalue weighted by molar-refractivity contribution is 5.90. The van der Waals surface area contributed by atoms with Gasteiger partial charge in [0.1, 0.15) is 12.2 Å². The molecule has 0 aliphatic heterocycles. The smallest absolute Gasteiger partial charge is 0.337 e. The lowest BCUT2D eigenvalue weighted by molar-refractivity contribution is -0.147. The van der Waals surface area contributed by atoms with Crippen molar-refractivity contribution in [3.05, 3.63) is 46.6 Å². The zero-order valence-corrected chi connectivity index (χ0v) is 21.1. The van der Waals surface area contributed by atoms with E-state index in [1.54, 1.807) is 12.2 Å². The van der Waals surface area contributed by atoms with Gasteiger partial charge in [-0.3, -0.25) is 9.59 Å². The topological polar surface area (TPSA) is 105 Å². The minimum absolute atomic E-state index is 0.115. The summed E-state index contributed by atoms with van der Waals surface area (Å²) in [7, 11) is 2.53. The Bertz CT molecular complexity index is 888. The van der Waals surface area contributed by atoms with Gasteiger partial charge >= 0.3 is 23.9 Å². The molecule has 34 heavy (non-hydrogen) atoms. The standard InChI is InChI=1S/C26H36O8/c1-16(2)20-12-11-17(3)13-22(33-18(4)27)14-21(25(29)31-6)9-8-10-23(26(30)32-7)24(15-20)34-19(5)28/h10-12,14,16,22,24H,8-9,13,15H2,1-7H3/b17-11+,20-12+,21-14-,23-10+/t22-,24+/m1/s1. The molecule has 0 heterocycles. The third-order valence-corrected chi connectivity index (χ3v) is 5.27. The maximum Gasteiger partial charge on any atom is 0.337 e. The average molecular weight is 477 g/mol. The molecular weight excluding hydrogens is 440 g/mol. The summed E-state index contributed by atoms with van der Waals surface area (Å²) in [4.78, 5) is 48.5. The molecule has 1 aliphatic carbocycles. The summed E-state index contributed by atoms with van der Waals surface area (Å²) in [5.41, 5.74) is 2.38. The molecule has 8 heteroatoms. The molecule has 1 aliphatic rings. The van der Waals surface area contributed by atoms with Crippen molar-refractivity contribution in [1.29, 1.82) is 0 Å². The lowest BCUT2D eigenvalue weighted by Crippen LogP contribution is -2.26. The Labute approximate surface area is 201 Å². The predicted octanol–water partition coefficient (Wildman–Crippen LogP) is 4.15. The highest BCUT2D eigenvalue weighted by atomic mass is 16.6. The van der Waals surface area contributed by atoms with E-state index in [0.717, 1.165) is 11.1 Å². The van der Waals surface area contributed by atoms with Crippen molar-refractivity contribution >= 4 is 23.9 Å². The molecule has 0 spiro atoms. The van der Waals surface area contributed by atoms with Gasteiger partial charge in [0.25, 0.3) is 0 Å². The summed E-state index contributed by atoms with van der Waals surface area (Å²) >= 11 is 0. The van der Waals surface area contributed by atoms with Crippen molar-refractivity contribution in [1.82, 2.24) is 0 Å². The number of allylic oxidation sites excluding steroid dienone is 3. The van der Waals surface area contributed by atoms with Crippen LogP contribution in [0.25, 0.3) is 0 Å². The van der Waals surface area contributed by atoms with Crippen LogP contribution in [0, 0.1) is 5.92 Å². The molecule has 0 aromatic heterocycles. The van der Waals surface area contributed by atoms with E-state index in [4.69, 9.17) is 18.9 Å². The fourth-order valence-corrected chi connectivity index (χ4v) is 3.56. The Kier molecular flexibility index (Phi) is 12.0. The zero-order valence-electron chi connectivity index (χ0n) is 21.1. The number of ether oxygens (including phenoxy) is 4. The Morgan fingerprint density at radius 1 is 0.912 bits per heavy atom. The molecule has 1 rings (SSSR count). The van der Waals surface area contributed by atoms with Gasteiger partial charge in [-0.15, -0.1) is 0 Å². The fourth-order valence-electron chi connectivity index (χ4n) is 3.56. The summed E-state index contributed by atoms with van der Waals surface area (Å²) in [6.45, 7) is 8.52. The van der Waals surface area contributed by atoms with Crippen molar-refractivity contribution in [2.24, 2.45) is 5.92 Å². The van der Waals surface area contributed by atoms with E-state index in [2.05, 4.69) is 0 Å². The van der Waals surface area contributed by atoms with Crippen molar-refractivity contribution < 1.29 is 38.1 Å². The second-order valence-corrected chi connectivity index (χ2v) is 8.44. The minimum Gasteiger partial charge on any atom is -0.466 e. The average Bonchev–Trinajstić information content (AvgIpc) is 2.75. The van der Waals surface area contributed by atoms with Gasteiger partial charge in [0.2, 0.25) is 0 Å². The first-order valence-corrected chi connectivity index (χ1v) is 11.3. The minimum atomic E-state index is -0.838. The van der Waals surface area contributed by atoms with Crippen LogP contribution in [0.2, 0.25) is 0 Å². The highest BCUT2D eigenvalue weighted by Gasteiger charge is 2.27. The summed E-state index contributed by atoms with van der Waals surface area (Å²) < 4.78 is 20.8. The van der Waals surface area contributed by atoms with E-state index in [9.17, 15) is 19.2 Å². The predicted molar refractivity (Wildman–Crippen MR) is 126 cm³/mol. The first-order valence-electron chi connectivity index (χ1n) is 11.3. The molecule has 0 saturated heterocycles. The Hall–Kier alpha value is -3.16. The van der Waals surface area contributed by atoms with E-state index >= 15 is 0 Å². The van der Waals surface area contributed by atoms with Crippen LogP contribution in [0.4, 0.5) is 0 Å². The third kappa shape index (κ3) is 9.77. The van der Waals surface area contributed by atoms with Crippen LogP contribution >= 0.6 is 0 Å². The first-order chi connectivity index (χ1) is 16.0. The van der Waals surface area contributed by atoms with E-state index < -0.39 is 36.1 Å². The molecule has 0 saturated carbocycles. The molecule has 0 unspecified atom stereocenters. The van der Waals surface area contributed by atoms with Crippen molar-refractivity contribution in [3.8, 4) is 0 Å². The van der Waals surface area contributed by atoms with Crippen molar-refractivity contribution in [3.63, 3.8) is 0 Å². The molecular formula is C26H36O8. The second kappa shape index (κ2) is 14.2. The Morgan fingerprint density at radius 3 is 2.06 bits per heavy atom. The maximum atomic E-state index is 12.6. The Balaban J connectivity index is 3.65. The number of esters is 4. The number of carbonyl (C=O) groups excluding carboxylic acids is 4. The monoisotopic (exact) mass is 476 g/mol. The molecule has 2 atom stereocenters. The number of rotatable bonds is 5. The summed E-state index contributed by atoms with van der Waals surface area (Å²) in [6.07, 6.45) is 6.70. The van der Waals surface area contributed by atoms with Crippen LogP contribution in [0.1, 0.15) is 60.3 Å². The van der Waals surface area contributed by atoms with Crippen LogP contribution in [0.5, 0.6) is 0 Å². The van der Waals surface area contributed by atoms with Crippen LogP contribution in [0.3, 0.4) is 0 Å². The van der Waals surface area contributed by atoms with Gasteiger partial charge in [0.05, 0.1) is 19.8 Å². The summed E-state index contributed by atoms with van der Waals surface area (Å²) in [6, 6.07) is 0. The molecule has 8 nitrogen and oxygen atoms in total. The number of hydrogen-bond donors (Lipinski definition) is 0. The van der Waals surface area contributed by atoms with Crippen LogP contribution in [-0.2, 0) is 38.1 Å². The van der Waals surface area contributed by atoms with Gasteiger partial charge in [0, 0.05) is 32.3 Å². The number of methoxy groups -OCH3 is 2. The fraction of sp³-hybridized carbons (Fsp3) is 0.538. The van der Waals surface area contributed by atoms with Gasteiger partial charge in [0.15, 0.2) is 0 Å². The lowest BCUT2D eigenvalue weighted by atomic mass is 9.91. The van der Waals surface area contributed by atoms with Gasteiger partial charge in [-0.25, -0.2) is 9.59 Å². The molecule has 0 aromatic carbocycles. The van der Waals surface area contributed by atoms with Crippen LogP contribution in [-0.4, -0.2) is 50.3 Å². The molecule has 0 amide bonds. The quantitative estimate of drug-likeness (QED) is 0.430. The SMILES string of the molecule is COC(=O)/C1=C\[C@H](OC(C)=O)C/C(C)=C/C=C(/C(C)C)C[C@H](OC(C)=O)/C(C(=O)OC)=C\CC1. The zero-order chi connectivity index (χ0) is 25.8. The van der Waals surface area contributed by atoms with Crippen LogP contribution in [0.15, 0.2) is 46.6 Å². The van der Waals surface area contributed by atoms with Crippen molar-refractivity contribution in [2.75, 3.05) is 14.2 Å². The normalized spacial score (nSPS) is 26.1. The van der Waals surface area contributed by atoms with Gasteiger partial charge in [-0.2, -0.15) is 0 Å². The van der Waals surface area contributed by atoms with E-state index in [1.807, 2.05) is 32.9 Å². The second-order valence-electron chi connectivity index (χ2n) is 8.44. The molecule has 0 fully saturated rings. The third-order valence-electron chi connectivity index (χ3n) is 5.27. The largest absolute Gasteiger partial charge is 0.466 e. The molecule has 0 radical (unpaired) electrons. The lowest BCUT2D eigenvalue weighted by Gasteiger charge is -2.23. The van der Waals surface area contributed by atoms with E-state index in [0.29, 0.717) is 18.4 Å². The molecule has 0 bridgehead atoms. The summed E-state index contributed by atoms with van der Waals surface area (Å²) in [5.74, 6) is -2.04. The maximum absolute atomic E-state index is 12.6. The van der Waals surface area contributed by atoms with Gasteiger partial charge in [-0.05, 0) is 31.8 Å². The first kappa shape index (κ1) is 28.9.